The van der Waals surface area contributed by atoms with E-state index in [0.717, 1.165) is 101 Å². The van der Waals surface area contributed by atoms with Gasteiger partial charge in [-0.25, -0.2) is 0 Å². The molecule has 3 rings (SSSR count). The van der Waals surface area contributed by atoms with E-state index in [2.05, 4.69) is 37.5 Å². The molecule has 2 saturated carbocycles. The minimum absolute atomic E-state index is 0.0405. The average molecular weight is 749 g/mol. The molecular formula is C43H76N2O8. The van der Waals surface area contributed by atoms with Crippen LogP contribution in [0, 0.1) is 35.5 Å². The maximum absolute atomic E-state index is 12.6. The Bertz CT molecular complexity index is 959. The second-order valence-electron chi connectivity index (χ2n) is 17.1. The van der Waals surface area contributed by atoms with Gasteiger partial charge in [0.2, 0.25) is 0 Å². The highest BCUT2D eigenvalue weighted by Gasteiger charge is 2.28. The molecule has 0 unspecified atom stereocenters. The van der Waals surface area contributed by atoms with Gasteiger partial charge in [-0.3, -0.25) is 19.2 Å². The lowest BCUT2D eigenvalue weighted by molar-refractivity contribution is -0.156. The van der Waals surface area contributed by atoms with Crippen LogP contribution < -0.4 is 0 Å². The summed E-state index contributed by atoms with van der Waals surface area (Å²) in [4.78, 5) is 54.9. The summed E-state index contributed by atoms with van der Waals surface area (Å²) in [5, 5.41) is 0. The molecule has 0 N–H and O–H groups in total. The monoisotopic (exact) mass is 749 g/mol. The summed E-state index contributed by atoms with van der Waals surface area (Å²) in [5.41, 5.74) is 0. The van der Waals surface area contributed by atoms with Crippen molar-refractivity contribution in [2.24, 2.45) is 35.5 Å². The Morgan fingerprint density at radius 3 is 1.40 bits per heavy atom. The van der Waals surface area contributed by atoms with Crippen LogP contribution >= 0.6 is 0 Å². The largest absolute Gasteiger partial charge is 0.462 e. The van der Waals surface area contributed by atoms with Gasteiger partial charge in [0.05, 0.1) is 24.7 Å². The second kappa shape index (κ2) is 26.6. The molecule has 3 fully saturated rings. The highest BCUT2D eigenvalue weighted by atomic mass is 16.6. The van der Waals surface area contributed by atoms with Crippen LogP contribution in [-0.4, -0.2) is 99.4 Å². The van der Waals surface area contributed by atoms with Crippen LogP contribution in [0.1, 0.15) is 150 Å². The van der Waals surface area contributed by atoms with Gasteiger partial charge >= 0.3 is 23.9 Å². The van der Waals surface area contributed by atoms with E-state index in [4.69, 9.17) is 18.9 Å². The normalized spacial score (nSPS) is 22.5. The summed E-state index contributed by atoms with van der Waals surface area (Å²) in [6, 6.07) is 0. The maximum Gasteiger partial charge on any atom is 0.309 e. The molecule has 1 saturated heterocycles. The molecule has 0 aromatic rings. The third kappa shape index (κ3) is 20.3. The molecule has 3 aliphatic rings. The topological polar surface area (TPSA) is 112 Å². The fourth-order valence-corrected chi connectivity index (χ4v) is 8.28. The van der Waals surface area contributed by atoms with Crippen molar-refractivity contribution in [2.75, 3.05) is 65.7 Å². The van der Waals surface area contributed by atoms with E-state index in [1.165, 1.54) is 57.8 Å². The summed E-state index contributed by atoms with van der Waals surface area (Å²) < 4.78 is 21.7. The number of likely N-dealkylation sites (tertiary alicyclic amines) is 1. The zero-order valence-electron chi connectivity index (χ0n) is 34.1. The number of hydrogen-bond acceptors (Lipinski definition) is 10. The van der Waals surface area contributed by atoms with Gasteiger partial charge in [-0.2, -0.15) is 0 Å². The summed E-state index contributed by atoms with van der Waals surface area (Å²) in [6.45, 7) is 14.1. The fourth-order valence-electron chi connectivity index (χ4n) is 8.28. The number of esters is 4. The number of carbonyl (C=O) groups is 4. The average Bonchev–Trinajstić information content (AvgIpc) is 3.15. The van der Waals surface area contributed by atoms with Crippen LogP contribution in [0.15, 0.2) is 0 Å². The lowest BCUT2D eigenvalue weighted by atomic mass is 9.79. The third-order valence-corrected chi connectivity index (χ3v) is 11.8. The first-order valence-corrected chi connectivity index (χ1v) is 21.7. The molecule has 0 amide bonds. The molecule has 10 nitrogen and oxygen atoms in total. The molecular weight excluding hydrogens is 672 g/mol. The molecule has 1 heterocycles. The van der Waals surface area contributed by atoms with E-state index in [-0.39, 0.29) is 75.0 Å². The third-order valence-electron chi connectivity index (χ3n) is 11.8. The van der Waals surface area contributed by atoms with Crippen molar-refractivity contribution >= 4 is 23.9 Å². The molecule has 0 aromatic heterocycles. The first-order chi connectivity index (χ1) is 25.6. The van der Waals surface area contributed by atoms with Crippen molar-refractivity contribution < 1.29 is 38.1 Å². The number of hydrogen-bond donors (Lipinski definition) is 0. The van der Waals surface area contributed by atoms with E-state index in [1.807, 2.05) is 0 Å². The van der Waals surface area contributed by atoms with Gasteiger partial charge in [0.15, 0.2) is 0 Å². The second-order valence-corrected chi connectivity index (χ2v) is 17.1. The molecule has 0 radical (unpaired) electrons. The molecule has 0 aromatic carbocycles. The summed E-state index contributed by atoms with van der Waals surface area (Å²) in [7, 11) is 0. The quantitative estimate of drug-likeness (QED) is 0.0518. The Morgan fingerprint density at radius 1 is 0.566 bits per heavy atom. The standard InChI is InChI=1S/C43H76N2O8/c1-34(2)10-8-12-36-14-18-38(19-15-36)42(48)52-32-30-50-40(46)22-26-45(29-28-44-24-6-5-7-25-44)27-23-41(47)51-31-33-53-43(49)39-20-16-37(17-21-39)13-9-11-35(3)4/h34-39H,5-33H2,1-4H3. The summed E-state index contributed by atoms with van der Waals surface area (Å²) in [5.74, 6) is 1.85. The number of rotatable bonds is 25. The van der Waals surface area contributed by atoms with E-state index >= 15 is 0 Å². The summed E-state index contributed by atoms with van der Waals surface area (Å²) >= 11 is 0. The van der Waals surface area contributed by atoms with Crippen molar-refractivity contribution in [1.82, 2.24) is 9.80 Å². The maximum atomic E-state index is 12.6. The zero-order valence-corrected chi connectivity index (χ0v) is 34.1. The first-order valence-electron chi connectivity index (χ1n) is 21.7. The van der Waals surface area contributed by atoms with Crippen LogP contribution in [0.4, 0.5) is 0 Å². The smallest absolute Gasteiger partial charge is 0.309 e. The minimum atomic E-state index is -0.338. The molecule has 1 aliphatic heterocycles. The van der Waals surface area contributed by atoms with Gasteiger partial charge in [-0.15, -0.1) is 0 Å². The fraction of sp³-hybridized carbons (Fsp3) is 0.907. The van der Waals surface area contributed by atoms with E-state index < -0.39 is 0 Å². The minimum Gasteiger partial charge on any atom is -0.462 e. The Morgan fingerprint density at radius 2 is 0.981 bits per heavy atom. The molecule has 2 aliphatic carbocycles. The molecule has 306 valence electrons. The Balaban J connectivity index is 1.27. The first kappa shape index (κ1) is 45.2. The van der Waals surface area contributed by atoms with Gasteiger partial charge in [-0.05, 0) is 101 Å². The van der Waals surface area contributed by atoms with Crippen LogP contribution in [-0.2, 0) is 38.1 Å². The van der Waals surface area contributed by atoms with Gasteiger partial charge in [0.1, 0.15) is 26.4 Å². The number of piperidine rings is 1. The van der Waals surface area contributed by atoms with Crippen molar-refractivity contribution in [3.8, 4) is 0 Å². The van der Waals surface area contributed by atoms with Crippen molar-refractivity contribution in [2.45, 2.75) is 150 Å². The number of carbonyl (C=O) groups excluding carboxylic acids is 4. The van der Waals surface area contributed by atoms with Gasteiger partial charge in [0, 0.05) is 26.2 Å². The van der Waals surface area contributed by atoms with Gasteiger partial charge in [-0.1, -0.05) is 72.6 Å². The Labute approximate surface area is 322 Å². The van der Waals surface area contributed by atoms with Gasteiger partial charge < -0.3 is 28.7 Å². The van der Waals surface area contributed by atoms with E-state index in [0.29, 0.717) is 13.1 Å². The van der Waals surface area contributed by atoms with Crippen molar-refractivity contribution in [3.05, 3.63) is 0 Å². The predicted octanol–water partition coefficient (Wildman–Crippen LogP) is 7.99. The molecule has 53 heavy (non-hydrogen) atoms. The predicted molar refractivity (Wildman–Crippen MR) is 208 cm³/mol. The lowest BCUT2D eigenvalue weighted by Gasteiger charge is -2.29. The Hall–Kier alpha value is -2.20. The summed E-state index contributed by atoms with van der Waals surface area (Å²) in [6.07, 6.45) is 19.6. The highest BCUT2D eigenvalue weighted by molar-refractivity contribution is 5.73. The molecule has 0 spiro atoms. The van der Waals surface area contributed by atoms with Gasteiger partial charge in [0.25, 0.3) is 0 Å². The molecule has 0 bridgehead atoms. The van der Waals surface area contributed by atoms with Crippen LogP contribution in [0.2, 0.25) is 0 Å². The zero-order chi connectivity index (χ0) is 38.3. The Kier molecular flexibility index (Phi) is 22.7. The van der Waals surface area contributed by atoms with Crippen molar-refractivity contribution in [1.29, 1.82) is 0 Å². The molecule has 10 heteroatoms. The van der Waals surface area contributed by atoms with E-state index in [9.17, 15) is 19.2 Å². The number of nitrogens with zero attached hydrogens (tertiary/aromatic N) is 2. The van der Waals surface area contributed by atoms with Crippen LogP contribution in [0.25, 0.3) is 0 Å². The van der Waals surface area contributed by atoms with Crippen molar-refractivity contribution in [3.63, 3.8) is 0 Å². The molecule has 0 atom stereocenters. The van der Waals surface area contributed by atoms with Crippen LogP contribution in [0.3, 0.4) is 0 Å². The lowest BCUT2D eigenvalue weighted by Crippen LogP contribution is -2.39. The highest BCUT2D eigenvalue weighted by Crippen LogP contribution is 2.34. The van der Waals surface area contributed by atoms with Crippen LogP contribution in [0.5, 0.6) is 0 Å². The van der Waals surface area contributed by atoms with E-state index in [1.54, 1.807) is 0 Å². The SMILES string of the molecule is CC(C)CCCC1CCC(C(=O)OCCOC(=O)CCN(CCC(=O)OCCOC(=O)C2CCC(CCCC(C)C)CC2)CCN2CCCCC2)CC1. The number of ether oxygens (including phenoxy) is 4.